The van der Waals surface area contributed by atoms with Gasteiger partial charge in [-0.1, -0.05) is 0 Å². The zero-order valence-corrected chi connectivity index (χ0v) is 7.51. The fourth-order valence-corrected chi connectivity index (χ4v) is 1.74. The van der Waals surface area contributed by atoms with Crippen molar-refractivity contribution in [3.63, 3.8) is 0 Å². The van der Waals surface area contributed by atoms with Crippen LogP contribution in [0.25, 0.3) is 0 Å². The lowest BCUT2D eigenvalue weighted by Gasteiger charge is -2.14. The van der Waals surface area contributed by atoms with E-state index in [2.05, 4.69) is 4.98 Å². The van der Waals surface area contributed by atoms with E-state index in [4.69, 9.17) is 11.1 Å². The van der Waals surface area contributed by atoms with Gasteiger partial charge < -0.3 is 5.73 Å². The number of nitrogens with zero attached hydrogens (tertiary/aromatic N) is 1. The van der Waals surface area contributed by atoms with E-state index in [0.29, 0.717) is 0 Å². The van der Waals surface area contributed by atoms with Gasteiger partial charge in [0.2, 0.25) is 0 Å². The summed E-state index contributed by atoms with van der Waals surface area (Å²) in [5.74, 6) is 0.112. The summed E-state index contributed by atoms with van der Waals surface area (Å²) in [7, 11) is 0. The first-order chi connectivity index (χ1) is 6.27. The molecule has 0 amide bonds. The summed E-state index contributed by atoms with van der Waals surface area (Å²) in [6, 6.07) is 2.00. The van der Waals surface area contributed by atoms with Gasteiger partial charge in [-0.05, 0) is 37.3 Å². The molecular formula is C10H13N3. The minimum Gasteiger partial charge on any atom is -0.384 e. The molecule has 0 radical (unpaired) electrons. The summed E-state index contributed by atoms with van der Waals surface area (Å²) in [6.45, 7) is 0. The molecule has 0 aliphatic heterocycles. The predicted molar refractivity (Wildman–Crippen MR) is 51.9 cm³/mol. The number of nitrogens with two attached hydrogens (primary N) is 1. The highest BCUT2D eigenvalue weighted by Crippen LogP contribution is 2.19. The molecular weight excluding hydrogens is 162 g/mol. The number of nitrogen functional groups attached to an aromatic ring is 1. The van der Waals surface area contributed by atoms with Gasteiger partial charge in [0.15, 0.2) is 0 Å². The quantitative estimate of drug-likeness (QED) is 0.498. The molecule has 1 aromatic heterocycles. The van der Waals surface area contributed by atoms with E-state index in [0.717, 1.165) is 18.4 Å². The van der Waals surface area contributed by atoms with E-state index in [9.17, 15) is 0 Å². The Morgan fingerprint density at radius 1 is 1.38 bits per heavy atom. The van der Waals surface area contributed by atoms with Gasteiger partial charge >= 0.3 is 0 Å². The van der Waals surface area contributed by atoms with Crippen LogP contribution in [0.15, 0.2) is 12.3 Å². The van der Waals surface area contributed by atoms with E-state index >= 15 is 0 Å². The SMILES string of the molecule is N=C(N)c1cnc2c(c1)CCCC2. The Morgan fingerprint density at radius 3 is 2.92 bits per heavy atom. The molecule has 0 atom stereocenters. The Morgan fingerprint density at radius 2 is 2.15 bits per heavy atom. The number of hydrogen-bond donors (Lipinski definition) is 2. The van der Waals surface area contributed by atoms with Crippen LogP contribution < -0.4 is 5.73 Å². The van der Waals surface area contributed by atoms with Gasteiger partial charge in [-0.25, -0.2) is 0 Å². The topological polar surface area (TPSA) is 62.8 Å². The largest absolute Gasteiger partial charge is 0.384 e. The molecule has 0 bridgehead atoms. The van der Waals surface area contributed by atoms with Crippen molar-refractivity contribution in [1.29, 1.82) is 5.41 Å². The number of hydrogen-bond acceptors (Lipinski definition) is 2. The zero-order valence-electron chi connectivity index (χ0n) is 7.51. The molecule has 0 aromatic carbocycles. The highest BCUT2D eigenvalue weighted by Gasteiger charge is 2.11. The molecule has 1 heterocycles. The van der Waals surface area contributed by atoms with Gasteiger partial charge in [0.05, 0.1) is 0 Å². The second-order valence-corrected chi connectivity index (χ2v) is 3.45. The van der Waals surface area contributed by atoms with Crippen molar-refractivity contribution >= 4 is 5.84 Å². The predicted octanol–water partition coefficient (Wildman–Crippen LogP) is 1.24. The van der Waals surface area contributed by atoms with Crippen LogP contribution >= 0.6 is 0 Å². The second kappa shape index (κ2) is 3.17. The van der Waals surface area contributed by atoms with Gasteiger partial charge in [-0.2, -0.15) is 0 Å². The lowest BCUT2D eigenvalue weighted by Crippen LogP contribution is -2.14. The van der Waals surface area contributed by atoms with Crippen LogP contribution in [0.4, 0.5) is 0 Å². The molecule has 0 spiro atoms. The summed E-state index contributed by atoms with van der Waals surface area (Å²) in [5, 5.41) is 7.29. The average Bonchev–Trinajstić information content (AvgIpc) is 2.17. The van der Waals surface area contributed by atoms with E-state index < -0.39 is 0 Å². The maximum atomic E-state index is 7.29. The third kappa shape index (κ3) is 1.54. The van der Waals surface area contributed by atoms with Crippen molar-refractivity contribution in [3.05, 3.63) is 29.1 Å². The van der Waals surface area contributed by atoms with E-state index in [1.54, 1.807) is 6.20 Å². The summed E-state index contributed by atoms with van der Waals surface area (Å²) in [4.78, 5) is 4.32. The Balaban J connectivity index is 2.40. The molecule has 1 aromatic rings. The molecule has 0 saturated heterocycles. The van der Waals surface area contributed by atoms with Crippen molar-refractivity contribution in [2.75, 3.05) is 0 Å². The van der Waals surface area contributed by atoms with E-state index in [-0.39, 0.29) is 5.84 Å². The molecule has 1 aliphatic carbocycles. The van der Waals surface area contributed by atoms with Gasteiger partial charge in [-0.15, -0.1) is 0 Å². The molecule has 1 aliphatic rings. The lowest BCUT2D eigenvalue weighted by molar-refractivity contribution is 0.667. The van der Waals surface area contributed by atoms with Crippen LogP contribution in [0.2, 0.25) is 0 Å². The first-order valence-corrected chi connectivity index (χ1v) is 4.59. The van der Waals surface area contributed by atoms with Gasteiger partial charge in [-0.3, -0.25) is 10.4 Å². The number of rotatable bonds is 1. The normalized spacial score (nSPS) is 15.1. The van der Waals surface area contributed by atoms with Crippen molar-refractivity contribution in [2.45, 2.75) is 25.7 Å². The van der Waals surface area contributed by atoms with Gasteiger partial charge in [0.1, 0.15) is 5.84 Å². The molecule has 0 saturated carbocycles. The number of amidine groups is 1. The van der Waals surface area contributed by atoms with Crippen LogP contribution in [0.1, 0.15) is 29.7 Å². The number of aromatic nitrogens is 1. The monoisotopic (exact) mass is 175 g/mol. The average molecular weight is 175 g/mol. The molecule has 13 heavy (non-hydrogen) atoms. The van der Waals surface area contributed by atoms with Crippen molar-refractivity contribution in [2.24, 2.45) is 5.73 Å². The number of aryl methyl sites for hydroxylation is 2. The summed E-state index contributed by atoms with van der Waals surface area (Å²) in [6.07, 6.45) is 6.33. The van der Waals surface area contributed by atoms with Crippen molar-refractivity contribution < 1.29 is 0 Å². The summed E-state index contributed by atoms with van der Waals surface area (Å²) < 4.78 is 0. The second-order valence-electron chi connectivity index (χ2n) is 3.45. The van der Waals surface area contributed by atoms with Crippen LogP contribution in [-0.4, -0.2) is 10.8 Å². The molecule has 2 rings (SSSR count). The Hall–Kier alpha value is -1.38. The molecule has 3 heteroatoms. The maximum Gasteiger partial charge on any atom is 0.124 e. The fraction of sp³-hybridized carbons (Fsp3) is 0.400. The zero-order chi connectivity index (χ0) is 9.26. The van der Waals surface area contributed by atoms with Crippen LogP contribution in [0.5, 0.6) is 0 Å². The minimum absolute atomic E-state index is 0.112. The highest BCUT2D eigenvalue weighted by molar-refractivity contribution is 5.94. The Bertz CT molecular complexity index is 344. The van der Waals surface area contributed by atoms with Crippen molar-refractivity contribution in [1.82, 2.24) is 4.98 Å². The van der Waals surface area contributed by atoms with Crippen LogP contribution in [0, 0.1) is 5.41 Å². The first-order valence-electron chi connectivity index (χ1n) is 4.59. The van der Waals surface area contributed by atoms with Crippen molar-refractivity contribution in [3.8, 4) is 0 Å². The number of nitrogens with one attached hydrogen (secondary N) is 1. The highest BCUT2D eigenvalue weighted by atomic mass is 14.7. The van der Waals surface area contributed by atoms with E-state index in [1.807, 2.05) is 6.07 Å². The van der Waals surface area contributed by atoms with Gasteiger partial charge in [0.25, 0.3) is 0 Å². The number of pyridine rings is 1. The summed E-state index contributed by atoms with van der Waals surface area (Å²) >= 11 is 0. The molecule has 0 fully saturated rings. The number of fused-ring (bicyclic) bond motifs is 1. The standard InChI is InChI=1S/C10H13N3/c11-10(12)8-5-7-3-1-2-4-9(7)13-6-8/h5-6H,1-4H2,(H3,11,12). The molecule has 3 N–H and O–H groups in total. The molecule has 3 nitrogen and oxygen atoms in total. The first kappa shape index (κ1) is 8.23. The fourth-order valence-electron chi connectivity index (χ4n) is 1.74. The summed E-state index contributed by atoms with van der Waals surface area (Å²) in [5.41, 5.74) is 8.61. The van der Waals surface area contributed by atoms with E-state index in [1.165, 1.54) is 24.1 Å². The van der Waals surface area contributed by atoms with Crippen LogP contribution in [-0.2, 0) is 12.8 Å². The van der Waals surface area contributed by atoms with Gasteiger partial charge in [0, 0.05) is 17.5 Å². The smallest absolute Gasteiger partial charge is 0.124 e. The lowest BCUT2D eigenvalue weighted by atomic mass is 9.95. The molecule has 0 unspecified atom stereocenters. The Labute approximate surface area is 77.5 Å². The molecule has 68 valence electrons. The Kier molecular flexibility index (Phi) is 2.00. The minimum atomic E-state index is 0.112. The third-order valence-corrected chi connectivity index (χ3v) is 2.48. The third-order valence-electron chi connectivity index (χ3n) is 2.48. The van der Waals surface area contributed by atoms with Crippen LogP contribution in [0.3, 0.4) is 0 Å². The maximum absolute atomic E-state index is 7.29.